The molecule has 1 N–H and O–H groups in total. The van der Waals surface area contributed by atoms with Crippen LogP contribution in [0.15, 0.2) is 12.5 Å². The van der Waals surface area contributed by atoms with Crippen LogP contribution in [0.3, 0.4) is 0 Å². The molecule has 0 atom stereocenters. The lowest BCUT2D eigenvalue weighted by Gasteiger charge is -2.13. The molecule has 0 fully saturated rings. The van der Waals surface area contributed by atoms with Crippen LogP contribution in [0.1, 0.15) is 5.69 Å². The van der Waals surface area contributed by atoms with Crippen molar-refractivity contribution in [2.24, 2.45) is 0 Å². The maximum Gasteiger partial charge on any atom is 0.157 e. The summed E-state index contributed by atoms with van der Waals surface area (Å²) >= 11 is 0. The molecule has 1 aliphatic rings. The van der Waals surface area contributed by atoms with Gasteiger partial charge in [-0.3, -0.25) is 4.79 Å². The predicted octanol–water partition coefficient (Wildman–Crippen LogP) is 0.0137. The molecule has 1 aromatic rings. The van der Waals surface area contributed by atoms with E-state index in [4.69, 9.17) is 0 Å². The van der Waals surface area contributed by atoms with Crippen molar-refractivity contribution in [2.75, 3.05) is 11.9 Å². The Labute approximate surface area is 63.7 Å². The SMILES string of the molecule is O=C1CNc2cncnc2C1. The molecule has 2 rings (SSSR count). The third-order valence-electron chi connectivity index (χ3n) is 1.64. The van der Waals surface area contributed by atoms with Gasteiger partial charge in [-0.1, -0.05) is 0 Å². The lowest BCUT2D eigenvalue weighted by Crippen LogP contribution is -2.23. The van der Waals surface area contributed by atoms with Gasteiger partial charge < -0.3 is 5.32 Å². The smallest absolute Gasteiger partial charge is 0.157 e. The Kier molecular flexibility index (Phi) is 1.31. The highest BCUT2D eigenvalue weighted by atomic mass is 16.1. The zero-order valence-corrected chi connectivity index (χ0v) is 5.87. The number of anilines is 1. The number of carbonyl (C=O) groups excluding carboxylic acids is 1. The number of nitrogens with one attached hydrogen (secondary N) is 1. The maximum absolute atomic E-state index is 10.9. The number of nitrogens with zero attached hydrogens (tertiary/aromatic N) is 2. The zero-order valence-electron chi connectivity index (χ0n) is 5.87. The van der Waals surface area contributed by atoms with Gasteiger partial charge in [0, 0.05) is 0 Å². The lowest BCUT2D eigenvalue weighted by molar-refractivity contribution is -0.117. The summed E-state index contributed by atoms with van der Waals surface area (Å²) in [6.07, 6.45) is 3.58. The Balaban J connectivity index is 2.41. The second kappa shape index (κ2) is 2.30. The van der Waals surface area contributed by atoms with Gasteiger partial charge in [0.15, 0.2) is 5.78 Å². The average Bonchev–Trinajstić information content (AvgIpc) is 2.04. The van der Waals surface area contributed by atoms with Crippen LogP contribution in [0, 0.1) is 0 Å². The molecular weight excluding hydrogens is 142 g/mol. The van der Waals surface area contributed by atoms with Crippen LogP contribution in [-0.2, 0) is 11.2 Å². The van der Waals surface area contributed by atoms with Gasteiger partial charge >= 0.3 is 0 Å². The molecule has 1 aromatic heterocycles. The number of carbonyl (C=O) groups is 1. The van der Waals surface area contributed by atoms with E-state index < -0.39 is 0 Å². The number of aromatic nitrogens is 2. The van der Waals surface area contributed by atoms with Gasteiger partial charge in [0.25, 0.3) is 0 Å². The van der Waals surface area contributed by atoms with Crippen LogP contribution in [0.2, 0.25) is 0 Å². The van der Waals surface area contributed by atoms with Crippen molar-refractivity contribution in [1.82, 2.24) is 9.97 Å². The summed E-state index contributed by atoms with van der Waals surface area (Å²) in [6.45, 7) is 0.403. The number of fused-ring (bicyclic) bond motifs is 1. The number of ketones is 1. The predicted molar refractivity (Wildman–Crippen MR) is 39.2 cm³/mol. The Hall–Kier alpha value is -1.45. The molecule has 0 radical (unpaired) electrons. The number of Topliss-reactive ketones (excluding diaryl/α,β-unsaturated/α-hetero) is 1. The van der Waals surface area contributed by atoms with Crippen LogP contribution >= 0.6 is 0 Å². The largest absolute Gasteiger partial charge is 0.375 e. The summed E-state index contributed by atoms with van der Waals surface area (Å²) in [5.41, 5.74) is 1.68. The van der Waals surface area contributed by atoms with Crippen molar-refractivity contribution in [3.63, 3.8) is 0 Å². The molecule has 1 aliphatic heterocycles. The van der Waals surface area contributed by atoms with Crippen LogP contribution in [0.5, 0.6) is 0 Å². The van der Waals surface area contributed by atoms with Gasteiger partial charge in [0.1, 0.15) is 6.33 Å². The molecule has 0 saturated carbocycles. The molecule has 2 heterocycles. The maximum atomic E-state index is 10.9. The molecule has 11 heavy (non-hydrogen) atoms. The third kappa shape index (κ3) is 1.07. The van der Waals surface area contributed by atoms with E-state index in [0.29, 0.717) is 13.0 Å². The van der Waals surface area contributed by atoms with E-state index in [1.54, 1.807) is 6.20 Å². The highest BCUT2D eigenvalue weighted by Gasteiger charge is 2.14. The van der Waals surface area contributed by atoms with Crippen LogP contribution in [-0.4, -0.2) is 22.3 Å². The Morgan fingerprint density at radius 3 is 3.36 bits per heavy atom. The van der Waals surface area contributed by atoms with Crippen LogP contribution in [0.4, 0.5) is 5.69 Å². The minimum absolute atomic E-state index is 0.177. The van der Waals surface area contributed by atoms with E-state index in [-0.39, 0.29) is 5.78 Å². The Morgan fingerprint density at radius 2 is 2.45 bits per heavy atom. The van der Waals surface area contributed by atoms with Crippen molar-refractivity contribution in [1.29, 1.82) is 0 Å². The lowest BCUT2D eigenvalue weighted by atomic mass is 10.1. The summed E-state index contributed by atoms with van der Waals surface area (Å²) in [5.74, 6) is 0.177. The first kappa shape index (κ1) is 6.27. The Bertz CT molecular complexity index is 297. The first-order valence-corrected chi connectivity index (χ1v) is 3.41. The van der Waals surface area contributed by atoms with Gasteiger partial charge in [-0.25, -0.2) is 9.97 Å². The van der Waals surface area contributed by atoms with Gasteiger partial charge in [-0.05, 0) is 0 Å². The minimum atomic E-state index is 0.177. The van der Waals surface area contributed by atoms with Crippen molar-refractivity contribution in [3.05, 3.63) is 18.2 Å². The molecule has 0 saturated heterocycles. The quantitative estimate of drug-likeness (QED) is 0.564. The van der Waals surface area contributed by atoms with Crippen molar-refractivity contribution < 1.29 is 4.79 Å². The van der Waals surface area contributed by atoms with Crippen molar-refractivity contribution in [3.8, 4) is 0 Å². The summed E-state index contributed by atoms with van der Waals surface area (Å²) in [5, 5.41) is 2.94. The van der Waals surface area contributed by atoms with E-state index in [2.05, 4.69) is 15.3 Å². The normalized spacial score (nSPS) is 15.5. The molecule has 0 unspecified atom stereocenters. The molecule has 0 bridgehead atoms. The first-order valence-electron chi connectivity index (χ1n) is 3.41. The summed E-state index contributed by atoms with van der Waals surface area (Å²) in [6, 6.07) is 0. The van der Waals surface area contributed by atoms with Crippen molar-refractivity contribution >= 4 is 11.5 Å². The molecule has 0 aliphatic carbocycles. The van der Waals surface area contributed by atoms with E-state index >= 15 is 0 Å². The zero-order chi connectivity index (χ0) is 7.68. The number of hydrogen-bond acceptors (Lipinski definition) is 4. The molecule has 0 aromatic carbocycles. The van der Waals surface area contributed by atoms with E-state index in [1.807, 2.05) is 0 Å². The number of hydrogen-bond donors (Lipinski definition) is 1. The highest BCUT2D eigenvalue weighted by Crippen LogP contribution is 2.14. The van der Waals surface area contributed by atoms with Gasteiger partial charge in [0.2, 0.25) is 0 Å². The van der Waals surface area contributed by atoms with Gasteiger partial charge in [-0.15, -0.1) is 0 Å². The van der Waals surface area contributed by atoms with Crippen molar-refractivity contribution in [2.45, 2.75) is 6.42 Å². The van der Waals surface area contributed by atoms with E-state index in [9.17, 15) is 4.79 Å². The molecule has 0 spiro atoms. The molecule has 56 valence electrons. The van der Waals surface area contributed by atoms with Gasteiger partial charge in [-0.2, -0.15) is 0 Å². The number of rotatable bonds is 0. The summed E-state index contributed by atoms with van der Waals surface area (Å²) in [7, 11) is 0. The fraction of sp³-hybridized carbons (Fsp3) is 0.286. The van der Waals surface area contributed by atoms with Gasteiger partial charge in [0.05, 0.1) is 30.5 Å². The topological polar surface area (TPSA) is 54.9 Å². The van der Waals surface area contributed by atoms with Crippen LogP contribution < -0.4 is 5.32 Å². The second-order valence-electron chi connectivity index (χ2n) is 2.45. The fourth-order valence-electron chi connectivity index (χ4n) is 1.09. The summed E-state index contributed by atoms with van der Waals surface area (Å²) in [4.78, 5) is 18.7. The standard InChI is InChI=1S/C7H7N3O/c11-5-1-6-7(9-2-5)3-8-4-10-6/h3-4,9H,1-2H2. The van der Waals surface area contributed by atoms with E-state index in [0.717, 1.165) is 11.4 Å². The Morgan fingerprint density at radius 1 is 1.55 bits per heavy atom. The third-order valence-corrected chi connectivity index (χ3v) is 1.64. The monoisotopic (exact) mass is 149 g/mol. The second-order valence-corrected chi connectivity index (χ2v) is 2.45. The molecule has 4 nitrogen and oxygen atoms in total. The fourth-order valence-corrected chi connectivity index (χ4v) is 1.09. The first-order chi connectivity index (χ1) is 5.36. The van der Waals surface area contributed by atoms with Crippen LogP contribution in [0.25, 0.3) is 0 Å². The average molecular weight is 149 g/mol. The minimum Gasteiger partial charge on any atom is -0.375 e. The molecule has 4 heteroatoms. The highest BCUT2D eigenvalue weighted by molar-refractivity contribution is 5.88. The molecular formula is C7H7N3O. The van der Waals surface area contributed by atoms with E-state index in [1.165, 1.54) is 6.33 Å². The summed E-state index contributed by atoms with van der Waals surface area (Å²) < 4.78 is 0. The molecule has 0 amide bonds.